The summed E-state index contributed by atoms with van der Waals surface area (Å²) in [6.45, 7) is 2.95. The van der Waals surface area contributed by atoms with Crippen molar-refractivity contribution in [1.82, 2.24) is 25.3 Å². The molecular weight excluding hydrogens is 536 g/mol. The fourth-order valence-corrected chi connectivity index (χ4v) is 3.37. The summed E-state index contributed by atoms with van der Waals surface area (Å²) in [5.74, 6) is -5.51. The van der Waals surface area contributed by atoms with Gasteiger partial charge in [-0.05, 0) is 23.6 Å². The predicted octanol–water partition coefficient (Wildman–Crippen LogP) is 3.36. The number of ether oxygens (including phenoxy) is 1. The van der Waals surface area contributed by atoms with Crippen LogP contribution in [0.2, 0.25) is 0 Å². The van der Waals surface area contributed by atoms with Crippen LogP contribution < -0.4 is 5.32 Å². The lowest BCUT2D eigenvalue weighted by Gasteiger charge is -2.24. The molecule has 0 aromatic carbocycles. The molecule has 0 bridgehead atoms. The molecule has 1 atom stereocenters. The van der Waals surface area contributed by atoms with E-state index in [4.69, 9.17) is 24.5 Å². The molecule has 4 rings (SSSR count). The second-order valence-electron chi connectivity index (χ2n) is 7.05. The molecule has 0 saturated heterocycles. The van der Waals surface area contributed by atoms with Gasteiger partial charge in [-0.2, -0.15) is 26.3 Å². The molecule has 17 heteroatoms. The molecule has 4 heterocycles. The van der Waals surface area contributed by atoms with E-state index in [1.165, 1.54) is 4.88 Å². The van der Waals surface area contributed by atoms with E-state index in [9.17, 15) is 26.3 Å². The van der Waals surface area contributed by atoms with Gasteiger partial charge in [-0.15, -0.1) is 16.4 Å². The molecule has 1 aliphatic heterocycles. The number of aromatic nitrogens is 4. The minimum Gasteiger partial charge on any atom is -0.475 e. The lowest BCUT2D eigenvalue weighted by molar-refractivity contribution is -0.193. The van der Waals surface area contributed by atoms with E-state index in [2.05, 4.69) is 38.1 Å². The number of hydrogen-bond donors (Lipinski definition) is 3. The fourth-order valence-electron chi connectivity index (χ4n) is 2.69. The maximum absolute atomic E-state index is 10.6. The van der Waals surface area contributed by atoms with Crippen LogP contribution in [-0.2, 0) is 34.0 Å². The van der Waals surface area contributed by atoms with Gasteiger partial charge in [0.05, 0.1) is 24.9 Å². The SMILES string of the molecule is O=C(O)C(F)(F)F.O=C(O)C(F)(F)F.c1csc(CNCC2Cn3nnc(-c4ccncc4)c3CO2)c1. The Balaban J connectivity index is 0.000000286. The molecular formula is C20H19F6N5O5S. The molecule has 0 fully saturated rings. The first-order valence-electron chi connectivity index (χ1n) is 10.1. The largest absolute Gasteiger partial charge is 0.490 e. The summed E-state index contributed by atoms with van der Waals surface area (Å²) in [6, 6.07) is 8.09. The highest BCUT2D eigenvalue weighted by molar-refractivity contribution is 7.09. The molecule has 10 nitrogen and oxygen atoms in total. The van der Waals surface area contributed by atoms with Crippen molar-refractivity contribution in [2.45, 2.75) is 38.2 Å². The van der Waals surface area contributed by atoms with E-state index in [-0.39, 0.29) is 6.10 Å². The minimum absolute atomic E-state index is 0.120. The first-order valence-corrected chi connectivity index (χ1v) is 10.9. The number of hydrogen-bond acceptors (Lipinski definition) is 8. The molecule has 0 radical (unpaired) electrons. The van der Waals surface area contributed by atoms with Crippen LogP contribution in [0.5, 0.6) is 0 Å². The highest BCUT2D eigenvalue weighted by Gasteiger charge is 2.38. The van der Waals surface area contributed by atoms with Crippen molar-refractivity contribution < 1.29 is 50.9 Å². The molecule has 3 N–H and O–H groups in total. The van der Waals surface area contributed by atoms with Gasteiger partial charge < -0.3 is 20.3 Å². The zero-order chi connectivity index (χ0) is 27.6. The smallest absolute Gasteiger partial charge is 0.475 e. The van der Waals surface area contributed by atoms with Crippen LogP contribution in [0.3, 0.4) is 0 Å². The lowest BCUT2D eigenvalue weighted by Crippen LogP contribution is -2.36. The number of aliphatic carboxylic acids is 2. The third kappa shape index (κ3) is 9.77. The lowest BCUT2D eigenvalue weighted by atomic mass is 10.1. The standard InChI is InChI=1S/C16H17N5OS.2C2HF3O2/c1-2-14(23-7-1)9-18-8-13-10-21-15(11-22-13)16(19-20-21)12-3-5-17-6-4-12;2*3-2(4,5)1(6)7/h1-7,13,18H,8-11H2;2*(H,6,7). The van der Waals surface area contributed by atoms with Crippen molar-refractivity contribution in [3.63, 3.8) is 0 Å². The van der Waals surface area contributed by atoms with E-state index in [0.29, 0.717) is 6.61 Å². The van der Waals surface area contributed by atoms with Crippen molar-refractivity contribution in [1.29, 1.82) is 0 Å². The Morgan fingerprint density at radius 3 is 2.19 bits per heavy atom. The topological polar surface area (TPSA) is 139 Å². The maximum atomic E-state index is 10.6. The number of halogens is 6. The number of carboxylic acids is 2. The van der Waals surface area contributed by atoms with Gasteiger partial charge >= 0.3 is 24.3 Å². The highest BCUT2D eigenvalue weighted by Crippen LogP contribution is 2.24. The van der Waals surface area contributed by atoms with Gasteiger partial charge in [-0.3, -0.25) is 4.98 Å². The molecule has 0 aliphatic carbocycles. The minimum atomic E-state index is -5.08. The van der Waals surface area contributed by atoms with Crippen LogP contribution in [0.4, 0.5) is 26.3 Å². The van der Waals surface area contributed by atoms with Crippen LogP contribution in [0.15, 0.2) is 42.0 Å². The number of fused-ring (bicyclic) bond motifs is 1. The highest BCUT2D eigenvalue weighted by atomic mass is 32.1. The van der Waals surface area contributed by atoms with E-state index in [1.54, 1.807) is 23.7 Å². The van der Waals surface area contributed by atoms with E-state index in [1.807, 2.05) is 16.8 Å². The summed E-state index contributed by atoms with van der Waals surface area (Å²) in [7, 11) is 0. The third-order valence-corrected chi connectivity index (χ3v) is 5.24. The van der Waals surface area contributed by atoms with Crippen molar-refractivity contribution in [3.05, 3.63) is 52.6 Å². The van der Waals surface area contributed by atoms with Crippen molar-refractivity contribution >= 4 is 23.3 Å². The Kier molecular flexibility index (Phi) is 10.5. The zero-order valence-electron chi connectivity index (χ0n) is 18.5. The molecule has 3 aromatic heterocycles. The first-order chi connectivity index (χ1) is 17.3. The third-order valence-electron chi connectivity index (χ3n) is 4.36. The Morgan fingerprint density at radius 2 is 1.68 bits per heavy atom. The molecule has 3 aromatic rings. The summed E-state index contributed by atoms with van der Waals surface area (Å²) in [4.78, 5) is 23.2. The van der Waals surface area contributed by atoms with Crippen molar-refractivity contribution in [2.24, 2.45) is 0 Å². The Morgan fingerprint density at radius 1 is 1.08 bits per heavy atom. The number of alkyl halides is 6. The number of carbonyl (C=O) groups is 2. The van der Waals surface area contributed by atoms with Gasteiger partial charge in [0.2, 0.25) is 0 Å². The van der Waals surface area contributed by atoms with Gasteiger partial charge in [-0.1, -0.05) is 11.3 Å². The maximum Gasteiger partial charge on any atom is 0.490 e. The van der Waals surface area contributed by atoms with Gasteiger partial charge in [-0.25, -0.2) is 14.3 Å². The summed E-state index contributed by atoms with van der Waals surface area (Å²) >= 11 is 1.76. The number of nitrogens with one attached hydrogen (secondary N) is 1. The summed E-state index contributed by atoms with van der Waals surface area (Å²) in [6.07, 6.45) is -6.51. The monoisotopic (exact) mass is 555 g/mol. The molecule has 0 saturated carbocycles. The first kappa shape index (κ1) is 29.7. The zero-order valence-corrected chi connectivity index (χ0v) is 19.3. The molecule has 37 heavy (non-hydrogen) atoms. The van der Waals surface area contributed by atoms with Crippen LogP contribution in [0, 0.1) is 0 Å². The summed E-state index contributed by atoms with van der Waals surface area (Å²) in [5, 5.41) is 28.4. The molecule has 1 unspecified atom stereocenters. The van der Waals surface area contributed by atoms with Crippen LogP contribution in [0.25, 0.3) is 11.3 Å². The van der Waals surface area contributed by atoms with Crippen LogP contribution >= 0.6 is 11.3 Å². The Hall–Kier alpha value is -3.57. The Bertz CT molecular complexity index is 1110. The molecule has 1 aliphatic rings. The van der Waals surface area contributed by atoms with Gasteiger partial charge in [0.25, 0.3) is 0 Å². The van der Waals surface area contributed by atoms with Crippen LogP contribution in [-0.4, -0.2) is 67.1 Å². The normalized spacial score (nSPS) is 14.9. The van der Waals surface area contributed by atoms with E-state index < -0.39 is 24.3 Å². The average Bonchev–Trinajstić information content (AvgIpc) is 3.49. The van der Waals surface area contributed by atoms with Gasteiger partial charge in [0, 0.05) is 35.9 Å². The van der Waals surface area contributed by atoms with Crippen LogP contribution in [0.1, 0.15) is 10.6 Å². The van der Waals surface area contributed by atoms with Crippen molar-refractivity contribution in [3.8, 4) is 11.3 Å². The number of nitrogens with zero attached hydrogens (tertiary/aromatic N) is 4. The predicted molar refractivity (Wildman–Crippen MR) is 115 cm³/mol. The quantitative estimate of drug-likeness (QED) is 0.405. The second kappa shape index (κ2) is 13.1. The Labute approximate surface area is 208 Å². The van der Waals surface area contributed by atoms with Gasteiger partial charge in [0.1, 0.15) is 5.69 Å². The summed E-state index contributed by atoms with van der Waals surface area (Å²) < 4.78 is 71.4. The summed E-state index contributed by atoms with van der Waals surface area (Å²) in [5.41, 5.74) is 2.95. The van der Waals surface area contributed by atoms with E-state index in [0.717, 1.165) is 36.6 Å². The number of pyridine rings is 1. The number of carboxylic acid groups (broad SMARTS) is 2. The fraction of sp³-hybridized carbons (Fsp3) is 0.350. The number of rotatable bonds is 5. The molecule has 0 amide bonds. The molecule has 202 valence electrons. The van der Waals surface area contributed by atoms with Gasteiger partial charge in [0.15, 0.2) is 0 Å². The second-order valence-corrected chi connectivity index (χ2v) is 8.08. The number of thiophene rings is 1. The molecule has 0 spiro atoms. The average molecular weight is 555 g/mol. The van der Waals surface area contributed by atoms with E-state index >= 15 is 0 Å². The van der Waals surface area contributed by atoms with Crippen molar-refractivity contribution in [2.75, 3.05) is 6.54 Å².